The highest BCUT2D eigenvalue weighted by Gasteiger charge is 2.27. The number of phosphoric acid groups is 1. The number of esters is 2. The quantitative estimate of drug-likeness (QED) is 0.0283. The van der Waals surface area contributed by atoms with Gasteiger partial charge in [0.1, 0.15) is 19.8 Å². The summed E-state index contributed by atoms with van der Waals surface area (Å²) in [6.07, 6.45) is 36.2. The number of ether oxygens (including phenoxy) is 2. The first kappa shape index (κ1) is 52.0. The second-order valence-electron chi connectivity index (χ2n) is 16.5. The molecule has 0 aromatic carbocycles. The third kappa shape index (κ3) is 40.5. The highest BCUT2D eigenvalue weighted by molar-refractivity contribution is 7.47. The van der Waals surface area contributed by atoms with E-state index in [1.807, 2.05) is 21.1 Å². The number of nitrogens with zero attached hydrogens (tertiary/aromatic N) is 1. The first-order valence-corrected chi connectivity index (χ1v) is 23.8. The molecular weight excluding hydrogens is 689 g/mol. The summed E-state index contributed by atoms with van der Waals surface area (Å²) in [5, 5.41) is 0. The molecular formula is C43H87NO8P+. The van der Waals surface area contributed by atoms with Crippen LogP contribution in [0.2, 0.25) is 0 Å². The van der Waals surface area contributed by atoms with E-state index in [-0.39, 0.29) is 25.6 Å². The molecule has 10 heteroatoms. The van der Waals surface area contributed by atoms with Crippen LogP contribution in [-0.2, 0) is 32.7 Å². The second-order valence-corrected chi connectivity index (χ2v) is 17.9. The zero-order valence-corrected chi connectivity index (χ0v) is 36.4. The minimum absolute atomic E-state index is 0.0362. The van der Waals surface area contributed by atoms with Gasteiger partial charge in [0.05, 0.1) is 27.7 Å². The van der Waals surface area contributed by atoms with Crippen molar-refractivity contribution in [2.24, 2.45) is 0 Å². The topological polar surface area (TPSA) is 108 Å². The predicted octanol–water partition coefficient (Wildman–Crippen LogP) is 12.4. The Bertz CT molecular complexity index is 881. The molecule has 0 fully saturated rings. The van der Waals surface area contributed by atoms with Crippen LogP contribution in [0.25, 0.3) is 0 Å². The first-order valence-electron chi connectivity index (χ1n) is 22.3. The van der Waals surface area contributed by atoms with E-state index in [0.717, 1.165) is 38.5 Å². The number of carbonyl (C=O) groups excluding carboxylic acids is 2. The third-order valence-corrected chi connectivity index (χ3v) is 10.9. The number of carbonyl (C=O) groups is 2. The Morgan fingerprint density at radius 3 is 1.21 bits per heavy atom. The lowest BCUT2D eigenvalue weighted by Crippen LogP contribution is -2.37. The number of phosphoric ester groups is 1. The molecule has 0 aromatic rings. The van der Waals surface area contributed by atoms with Gasteiger partial charge in [-0.05, 0) is 12.8 Å². The Kier molecular flexibility index (Phi) is 36.0. The van der Waals surface area contributed by atoms with E-state index >= 15 is 0 Å². The van der Waals surface area contributed by atoms with Crippen molar-refractivity contribution in [3.8, 4) is 0 Å². The van der Waals surface area contributed by atoms with E-state index in [0.29, 0.717) is 17.4 Å². The van der Waals surface area contributed by atoms with Crippen LogP contribution in [0.5, 0.6) is 0 Å². The van der Waals surface area contributed by atoms with Crippen molar-refractivity contribution >= 4 is 19.8 Å². The molecule has 9 nitrogen and oxygen atoms in total. The molecule has 0 heterocycles. The van der Waals surface area contributed by atoms with Gasteiger partial charge in [0.25, 0.3) is 0 Å². The van der Waals surface area contributed by atoms with Crippen LogP contribution in [0.3, 0.4) is 0 Å². The molecule has 1 N–H and O–H groups in total. The third-order valence-electron chi connectivity index (χ3n) is 9.89. The fourth-order valence-electron chi connectivity index (χ4n) is 6.37. The van der Waals surface area contributed by atoms with Crippen LogP contribution in [0.15, 0.2) is 0 Å². The van der Waals surface area contributed by atoms with Crippen molar-refractivity contribution in [3.05, 3.63) is 0 Å². The fraction of sp³-hybridized carbons (Fsp3) is 0.953. The van der Waals surface area contributed by atoms with Gasteiger partial charge in [0.2, 0.25) is 0 Å². The van der Waals surface area contributed by atoms with Crippen molar-refractivity contribution in [2.45, 2.75) is 219 Å². The number of rotatable bonds is 41. The SMILES string of the molecule is CCCCCCCCCCCCCCCCCCCCCCCCCC(=O)OC(COC(=O)CCCCCCCC)COP(=O)(O)OCC[N+](C)(C)C. The Balaban J connectivity index is 4.06. The number of hydrogen-bond donors (Lipinski definition) is 1. The maximum absolute atomic E-state index is 12.6. The van der Waals surface area contributed by atoms with Crippen molar-refractivity contribution in [1.29, 1.82) is 0 Å². The van der Waals surface area contributed by atoms with Crippen LogP contribution in [0.4, 0.5) is 0 Å². The van der Waals surface area contributed by atoms with Gasteiger partial charge in [-0.3, -0.25) is 18.6 Å². The van der Waals surface area contributed by atoms with Crippen LogP contribution in [0.1, 0.15) is 213 Å². The largest absolute Gasteiger partial charge is 0.472 e. The summed E-state index contributed by atoms with van der Waals surface area (Å²) in [7, 11) is 1.49. The fourth-order valence-corrected chi connectivity index (χ4v) is 7.11. The molecule has 316 valence electrons. The minimum atomic E-state index is -4.36. The summed E-state index contributed by atoms with van der Waals surface area (Å²) < 4.78 is 34.1. The van der Waals surface area contributed by atoms with Crippen molar-refractivity contribution in [2.75, 3.05) is 47.5 Å². The lowest BCUT2D eigenvalue weighted by atomic mass is 10.0. The Hall–Kier alpha value is -0.990. The van der Waals surface area contributed by atoms with E-state index in [1.165, 1.54) is 148 Å². The van der Waals surface area contributed by atoms with Gasteiger partial charge < -0.3 is 18.9 Å². The molecule has 0 bridgehead atoms. The zero-order valence-electron chi connectivity index (χ0n) is 35.5. The first-order chi connectivity index (χ1) is 25.5. The summed E-state index contributed by atoms with van der Waals surface area (Å²) in [5.74, 6) is -0.796. The van der Waals surface area contributed by atoms with Crippen molar-refractivity contribution in [3.63, 3.8) is 0 Å². The number of quaternary nitrogens is 1. The Morgan fingerprint density at radius 1 is 0.509 bits per heavy atom. The monoisotopic (exact) mass is 777 g/mol. The van der Waals surface area contributed by atoms with E-state index in [2.05, 4.69) is 13.8 Å². The summed E-state index contributed by atoms with van der Waals surface area (Å²) in [5.41, 5.74) is 0. The second kappa shape index (κ2) is 36.6. The lowest BCUT2D eigenvalue weighted by molar-refractivity contribution is -0.870. The van der Waals surface area contributed by atoms with Crippen molar-refractivity contribution in [1.82, 2.24) is 0 Å². The van der Waals surface area contributed by atoms with E-state index in [9.17, 15) is 19.0 Å². The van der Waals surface area contributed by atoms with Crippen LogP contribution in [-0.4, -0.2) is 74.9 Å². The van der Waals surface area contributed by atoms with Crippen LogP contribution < -0.4 is 0 Å². The zero-order chi connectivity index (χ0) is 39.3. The summed E-state index contributed by atoms with van der Waals surface area (Å²) in [6.45, 7) is 4.38. The molecule has 0 spiro atoms. The maximum atomic E-state index is 12.6. The smallest absolute Gasteiger partial charge is 0.462 e. The molecule has 0 saturated heterocycles. The molecule has 0 aliphatic heterocycles. The summed E-state index contributed by atoms with van der Waals surface area (Å²) >= 11 is 0. The van der Waals surface area contributed by atoms with Gasteiger partial charge in [-0.1, -0.05) is 187 Å². The van der Waals surface area contributed by atoms with Gasteiger partial charge in [0.15, 0.2) is 6.10 Å². The standard InChI is InChI=1S/C43H86NO8P/c1-6-8-10-12-14-15-16-17-18-19-20-21-22-23-24-25-26-27-28-29-30-32-34-36-43(46)52-41(39-49-42(45)35-33-31-13-11-9-7-2)40-51-53(47,48)50-38-37-44(3,4)5/h41H,6-40H2,1-5H3/p+1. The van der Waals surface area contributed by atoms with E-state index < -0.39 is 26.5 Å². The average Bonchev–Trinajstić information content (AvgIpc) is 3.10. The highest BCUT2D eigenvalue weighted by Crippen LogP contribution is 2.43. The lowest BCUT2D eigenvalue weighted by Gasteiger charge is -2.24. The predicted molar refractivity (Wildman–Crippen MR) is 220 cm³/mol. The highest BCUT2D eigenvalue weighted by atomic mass is 31.2. The number of unbranched alkanes of at least 4 members (excludes halogenated alkanes) is 27. The molecule has 0 rings (SSSR count). The number of likely N-dealkylation sites (N-methyl/N-ethyl adjacent to an activating group) is 1. The van der Waals surface area contributed by atoms with Crippen LogP contribution >= 0.6 is 7.82 Å². The van der Waals surface area contributed by atoms with Gasteiger partial charge >= 0.3 is 19.8 Å². The number of hydrogen-bond acceptors (Lipinski definition) is 7. The van der Waals surface area contributed by atoms with E-state index in [1.54, 1.807) is 0 Å². The molecule has 53 heavy (non-hydrogen) atoms. The van der Waals surface area contributed by atoms with Gasteiger partial charge in [-0.2, -0.15) is 0 Å². The van der Waals surface area contributed by atoms with Gasteiger partial charge in [0, 0.05) is 12.8 Å². The Labute approximate surface area is 327 Å². The van der Waals surface area contributed by atoms with Gasteiger partial charge in [-0.25, -0.2) is 4.57 Å². The van der Waals surface area contributed by atoms with E-state index in [4.69, 9.17) is 18.5 Å². The molecule has 0 aliphatic rings. The summed E-state index contributed by atoms with van der Waals surface area (Å²) in [4.78, 5) is 35.1. The molecule has 0 aliphatic carbocycles. The van der Waals surface area contributed by atoms with Crippen LogP contribution in [0, 0.1) is 0 Å². The minimum Gasteiger partial charge on any atom is -0.462 e. The van der Waals surface area contributed by atoms with Gasteiger partial charge in [-0.15, -0.1) is 0 Å². The molecule has 0 saturated carbocycles. The maximum Gasteiger partial charge on any atom is 0.472 e. The summed E-state index contributed by atoms with van der Waals surface area (Å²) in [6, 6.07) is 0. The average molecular weight is 777 g/mol. The molecule has 0 aromatic heterocycles. The normalized spacial score (nSPS) is 13.5. The molecule has 0 amide bonds. The molecule has 2 unspecified atom stereocenters. The molecule has 0 radical (unpaired) electrons. The van der Waals surface area contributed by atoms with Crippen molar-refractivity contribution < 1.29 is 42.1 Å². The molecule has 2 atom stereocenters. The Morgan fingerprint density at radius 2 is 0.849 bits per heavy atom.